The van der Waals surface area contributed by atoms with Crippen LogP contribution < -0.4 is 0 Å². The average molecular weight is 132 g/mol. The first-order valence-corrected chi connectivity index (χ1v) is 2.98. The van der Waals surface area contributed by atoms with Gasteiger partial charge in [-0.25, -0.2) is 4.79 Å². The lowest BCUT2D eigenvalue weighted by Gasteiger charge is -1.87. The minimum absolute atomic E-state index is 0.433. The maximum Gasteiger partial charge on any atom is 0.339 e. The summed E-state index contributed by atoms with van der Waals surface area (Å²) in [7, 11) is 1.28. The van der Waals surface area contributed by atoms with Gasteiger partial charge in [-0.2, -0.15) is 4.89 Å². The summed E-state index contributed by atoms with van der Waals surface area (Å²) >= 11 is 0. The van der Waals surface area contributed by atoms with E-state index in [4.69, 9.17) is 0 Å². The molecule has 1 aliphatic rings. The SMILES string of the molecule is C1CC1.COOC(C)=O. The summed E-state index contributed by atoms with van der Waals surface area (Å²) in [6.45, 7) is 1.27. The monoisotopic (exact) mass is 132 g/mol. The van der Waals surface area contributed by atoms with Gasteiger partial charge in [0, 0.05) is 6.92 Å². The molecule has 0 aromatic rings. The third-order valence-corrected chi connectivity index (χ3v) is 0.554. The molecule has 0 aromatic heterocycles. The first kappa shape index (κ1) is 8.43. The van der Waals surface area contributed by atoms with Crippen molar-refractivity contribution in [2.75, 3.05) is 7.11 Å². The third-order valence-electron chi connectivity index (χ3n) is 0.554. The topological polar surface area (TPSA) is 35.5 Å². The fourth-order valence-corrected chi connectivity index (χ4v) is 0.117. The number of carbonyl (C=O) groups is 1. The maximum absolute atomic E-state index is 9.70. The Labute approximate surface area is 54.9 Å². The fourth-order valence-electron chi connectivity index (χ4n) is 0.117. The molecule has 1 saturated carbocycles. The minimum Gasteiger partial charge on any atom is -0.299 e. The molecule has 0 heterocycles. The van der Waals surface area contributed by atoms with Gasteiger partial charge in [0.15, 0.2) is 0 Å². The normalized spacial score (nSPS) is 13.1. The van der Waals surface area contributed by atoms with Crippen LogP contribution in [0.3, 0.4) is 0 Å². The molecule has 0 aliphatic heterocycles. The van der Waals surface area contributed by atoms with Gasteiger partial charge in [0.1, 0.15) is 0 Å². The van der Waals surface area contributed by atoms with Crippen LogP contribution >= 0.6 is 0 Å². The Kier molecular flexibility index (Phi) is 5.21. The van der Waals surface area contributed by atoms with Gasteiger partial charge in [0.25, 0.3) is 0 Å². The van der Waals surface area contributed by atoms with Gasteiger partial charge in [-0.1, -0.05) is 19.3 Å². The average Bonchev–Trinajstić information content (AvgIpc) is 2.45. The Hall–Kier alpha value is -0.570. The Morgan fingerprint density at radius 1 is 1.33 bits per heavy atom. The molecule has 0 unspecified atom stereocenters. The summed E-state index contributed by atoms with van der Waals surface area (Å²) in [6.07, 6.45) is 4.50. The van der Waals surface area contributed by atoms with Crippen LogP contribution in [0.15, 0.2) is 0 Å². The standard InChI is InChI=1S/C3H6O3.C3H6/c1-3(4)6-5-2;1-2-3-1/h1-2H3;1-3H2. The van der Waals surface area contributed by atoms with Crippen LogP contribution in [0.25, 0.3) is 0 Å². The zero-order valence-corrected chi connectivity index (χ0v) is 5.85. The first-order valence-electron chi connectivity index (χ1n) is 2.98. The van der Waals surface area contributed by atoms with Gasteiger partial charge in [-0.15, -0.1) is 0 Å². The highest BCUT2D eigenvalue weighted by atomic mass is 17.2. The number of hydrogen-bond acceptors (Lipinski definition) is 3. The van der Waals surface area contributed by atoms with E-state index in [1.165, 1.54) is 33.3 Å². The molecule has 0 spiro atoms. The van der Waals surface area contributed by atoms with Gasteiger partial charge < -0.3 is 0 Å². The molecule has 0 N–H and O–H groups in total. The molecule has 0 saturated heterocycles. The van der Waals surface area contributed by atoms with Crippen molar-refractivity contribution in [3.63, 3.8) is 0 Å². The van der Waals surface area contributed by atoms with E-state index in [1.807, 2.05) is 0 Å². The molecular formula is C6H12O3. The van der Waals surface area contributed by atoms with E-state index in [2.05, 4.69) is 9.78 Å². The van der Waals surface area contributed by atoms with Gasteiger partial charge >= 0.3 is 5.97 Å². The van der Waals surface area contributed by atoms with E-state index >= 15 is 0 Å². The predicted molar refractivity (Wildman–Crippen MR) is 32.6 cm³/mol. The third kappa shape index (κ3) is 18.6. The molecule has 1 aliphatic carbocycles. The number of hydrogen-bond donors (Lipinski definition) is 0. The van der Waals surface area contributed by atoms with E-state index < -0.39 is 5.97 Å². The molecular weight excluding hydrogens is 120 g/mol. The van der Waals surface area contributed by atoms with Crippen molar-refractivity contribution >= 4 is 5.97 Å². The van der Waals surface area contributed by atoms with Crippen LogP contribution in [-0.2, 0) is 14.6 Å². The summed E-state index contributed by atoms with van der Waals surface area (Å²) in [5.74, 6) is -0.433. The van der Waals surface area contributed by atoms with Crippen LogP contribution in [0.2, 0.25) is 0 Å². The molecule has 54 valence electrons. The van der Waals surface area contributed by atoms with E-state index in [-0.39, 0.29) is 0 Å². The maximum atomic E-state index is 9.70. The number of carbonyl (C=O) groups excluding carboxylic acids is 1. The molecule has 0 amide bonds. The second-order valence-corrected chi connectivity index (χ2v) is 1.80. The van der Waals surface area contributed by atoms with E-state index in [1.54, 1.807) is 0 Å². The van der Waals surface area contributed by atoms with Crippen LogP contribution in [0.5, 0.6) is 0 Å². The van der Waals surface area contributed by atoms with Gasteiger partial charge in [0.2, 0.25) is 0 Å². The van der Waals surface area contributed by atoms with Crippen LogP contribution in [0.4, 0.5) is 0 Å². The van der Waals surface area contributed by atoms with Crippen molar-refractivity contribution in [3.8, 4) is 0 Å². The van der Waals surface area contributed by atoms with Crippen LogP contribution in [0, 0.1) is 0 Å². The fraction of sp³-hybridized carbons (Fsp3) is 0.833. The summed E-state index contributed by atoms with van der Waals surface area (Å²) in [4.78, 5) is 17.6. The second kappa shape index (κ2) is 5.56. The number of rotatable bonds is 1. The van der Waals surface area contributed by atoms with Crippen LogP contribution in [0.1, 0.15) is 26.2 Å². The lowest BCUT2D eigenvalue weighted by Crippen LogP contribution is -1.94. The Balaban J connectivity index is 0.000000173. The predicted octanol–water partition coefficient (Wildman–Crippen LogP) is 1.28. The quantitative estimate of drug-likeness (QED) is 0.398. The van der Waals surface area contributed by atoms with Gasteiger partial charge in [-0.05, 0) is 0 Å². The van der Waals surface area contributed by atoms with Gasteiger partial charge in [0.05, 0.1) is 7.11 Å². The van der Waals surface area contributed by atoms with Gasteiger partial charge in [-0.3, -0.25) is 4.89 Å². The molecule has 0 radical (unpaired) electrons. The lowest BCUT2D eigenvalue weighted by atomic mass is 10.8. The van der Waals surface area contributed by atoms with Crippen molar-refractivity contribution in [2.45, 2.75) is 26.2 Å². The van der Waals surface area contributed by atoms with Crippen molar-refractivity contribution in [1.82, 2.24) is 0 Å². The van der Waals surface area contributed by atoms with E-state index in [0.29, 0.717) is 0 Å². The molecule has 1 rings (SSSR count). The highest BCUT2D eigenvalue weighted by Gasteiger charge is 1.95. The summed E-state index contributed by atoms with van der Waals surface area (Å²) < 4.78 is 0. The summed E-state index contributed by atoms with van der Waals surface area (Å²) in [5, 5.41) is 0. The minimum atomic E-state index is -0.433. The zero-order chi connectivity index (χ0) is 7.11. The Morgan fingerprint density at radius 3 is 1.78 bits per heavy atom. The van der Waals surface area contributed by atoms with Crippen LogP contribution in [-0.4, -0.2) is 13.1 Å². The van der Waals surface area contributed by atoms with Crippen molar-refractivity contribution in [3.05, 3.63) is 0 Å². The summed E-state index contributed by atoms with van der Waals surface area (Å²) in [6, 6.07) is 0. The molecule has 9 heavy (non-hydrogen) atoms. The highest BCUT2D eigenvalue weighted by Crippen LogP contribution is 2.14. The van der Waals surface area contributed by atoms with E-state index in [0.717, 1.165) is 0 Å². The largest absolute Gasteiger partial charge is 0.339 e. The first-order chi connectivity index (χ1) is 4.27. The molecule has 1 fully saturated rings. The lowest BCUT2D eigenvalue weighted by molar-refractivity contribution is -0.252. The molecule has 0 aromatic carbocycles. The zero-order valence-electron chi connectivity index (χ0n) is 5.85. The highest BCUT2D eigenvalue weighted by molar-refractivity contribution is 5.65. The van der Waals surface area contributed by atoms with Crippen molar-refractivity contribution < 1.29 is 14.6 Å². The molecule has 3 nitrogen and oxygen atoms in total. The molecule has 3 heteroatoms. The molecule has 0 atom stereocenters. The Morgan fingerprint density at radius 2 is 1.78 bits per heavy atom. The van der Waals surface area contributed by atoms with Crippen molar-refractivity contribution in [1.29, 1.82) is 0 Å². The second-order valence-electron chi connectivity index (χ2n) is 1.80. The smallest absolute Gasteiger partial charge is 0.299 e. The Bertz CT molecular complexity index is 75.6. The summed E-state index contributed by atoms with van der Waals surface area (Å²) in [5.41, 5.74) is 0. The molecule has 0 bridgehead atoms. The van der Waals surface area contributed by atoms with E-state index in [9.17, 15) is 4.79 Å². The van der Waals surface area contributed by atoms with Crippen molar-refractivity contribution in [2.24, 2.45) is 0 Å².